The molecule has 0 radical (unpaired) electrons. The summed E-state index contributed by atoms with van der Waals surface area (Å²) in [5.41, 5.74) is 1.14. The van der Waals surface area contributed by atoms with Gasteiger partial charge in [0.05, 0.1) is 13.7 Å². The van der Waals surface area contributed by atoms with E-state index in [2.05, 4.69) is 15.4 Å². The fraction of sp³-hybridized carbons (Fsp3) is 0.467. The van der Waals surface area contributed by atoms with E-state index in [1.807, 2.05) is 6.92 Å². The van der Waals surface area contributed by atoms with E-state index in [4.69, 9.17) is 9.47 Å². The zero-order valence-corrected chi connectivity index (χ0v) is 12.9. The minimum Gasteiger partial charge on any atom is -0.453 e. The zero-order chi connectivity index (χ0) is 16.2. The SMILES string of the molecule is CCCOCCCOC(=O)Nc1ccc(NC(=O)OC)cc1. The van der Waals surface area contributed by atoms with Crippen LogP contribution in [0.5, 0.6) is 0 Å². The van der Waals surface area contributed by atoms with Crippen LogP contribution in [0.25, 0.3) is 0 Å². The summed E-state index contributed by atoms with van der Waals surface area (Å²) >= 11 is 0. The number of amides is 2. The van der Waals surface area contributed by atoms with E-state index in [0.717, 1.165) is 13.0 Å². The molecular formula is C15H22N2O5. The van der Waals surface area contributed by atoms with Gasteiger partial charge in [-0.3, -0.25) is 10.6 Å². The quantitative estimate of drug-likeness (QED) is 0.720. The Morgan fingerprint density at radius 2 is 1.55 bits per heavy atom. The highest BCUT2D eigenvalue weighted by atomic mass is 16.6. The summed E-state index contributed by atoms with van der Waals surface area (Å²) in [6, 6.07) is 6.59. The summed E-state index contributed by atoms with van der Waals surface area (Å²) in [6.07, 6.45) is 0.562. The summed E-state index contributed by atoms with van der Waals surface area (Å²) in [7, 11) is 1.29. The molecule has 0 unspecified atom stereocenters. The lowest BCUT2D eigenvalue weighted by Crippen LogP contribution is -2.15. The van der Waals surface area contributed by atoms with Gasteiger partial charge in [0.15, 0.2) is 0 Å². The largest absolute Gasteiger partial charge is 0.453 e. The highest BCUT2D eigenvalue weighted by molar-refractivity contribution is 5.87. The van der Waals surface area contributed by atoms with Crippen LogP contribution in [0.2, 0.25) is 0 Å². The van der Waals surface area contributed by atoms with Gasteiger partial charge in [-0.1, -0.05) is 6.92 Å². The Hall–Kier alpha value is -2.28. The first-order valence-corrected chi connectivity index (χ1v) is 7.12. The summed E-state index contributed by atoms with van der Waals surface area (Å²) in [5.74, 6) is 0. The number of carbonyl (C=O) groups excluding carboxylic acids is 2. The molecule has 0 aromatic heterocycles. The second-order valence-electron chi connectivity index (χ2n) is 4.42. The van der Waals surface area contributed by atoms with Gasteiger partial charge in [-0.2, -0.15) is 0 Å². The van der Waals surface area contributed by atoms with Crippen LogP contribution in [0.4, 0.5) is 21.0 Å². The lowest BCUT2D eigenvalue weighted by molar-refractivity contribution is 0.106. The van der Waals surface area contributed by atoms with E-state index in [-0.39, 0.29) is 0 Å². The minimum atomic E-state index is -0.551. The van der Waals surface area contributed by atoms with Crippen molar-refractivity contribution in [3.05, 3.63) is 24.3 Å². The number of nitrogens with one attached hydrogen (secondary N) is 2. The van der Waals surface area contributed by atoms with Crippen LogP contribution >= 0.6 is 0 Å². The maximum atomic E-state index is 11.5. The second-order valence-corrected chi connectivity index (χ2v) is 4.42. The maximum absolute atomic E-state index is 11.5. The third-order valence-corrected chi connectivity index (χ3v) is 2.58. The van der Waals surface area contributed by atoms with E-state index < -0.39 is 12.2 Å². The van der Waals surface area contributed by atoms with Gasteiger partial charge in [0.2, 0.25) is 0 Å². The van der Waals surface area contributed by atoms with Crippen molar-refractivity contribution in [2.45, 2.75) is 19.8 Å². The summed E-state index contributed by atoms with van der Waals surface area (Å²) in [5, 5.41) is 5.10. The molecule has 0 aliphatic rings. The third-order valence-electron chi connectivity index (χ3n) is 2.58. The van der Waals surface area contributed by atoms with E-state index >= 15 is 0 Å². The number of ether oxygens (including phenoxy) is 3. The predicted molar refractivity (Wildman–Crippen MR) is 83.2 cm³/mol. The Labute approximate surface area is 129 Å². The molecule has 122 valence electrons. The van der Waals surface area contributed by atoms with Crippen LogP contribution in [0.1, 0.15) is 19.8 Å². The first-order chi connectivity index (χ1) is 10.7. The molecule has 0 fully saturated rings. The average molecular weight is 310 g/mol. The Balaban J connectivity index is 2.25. The fourth-order valence-electron chi connectivity index (χ4n) is 1.53. The van der Waals surface area contributed by atoms with Gasteiger partial charge in [0.25, 0.3) is 0 Å². The standard InChI is InChI=1S/C15H22N2O5/c1-3-9-21-10-4-11-22-15(19)17-13-7-5-12(6-8-13)16-14(18)20-2/h5-8H,3-4,9-11H2,1-2H3,(H,16,18)(H,17,19). The molecule has 0 saturated carbocycles. The molecule has 7 nitrogen and oxygen atoms in total. The first kappa shape index (κ1) is 17.8. The van der Waals surface area contributed by atoms with E-state index in [1.54, 1.807) is 24.3 Å². The van der Waals surface area contributed by atoms with Gasteiger partial charge in [0.1, 0.15) is 0 Å². The van der Waals surface area contributed by atoms with Crippen molar-refractivity contribution in [1.82, 2.24) is 0 Å². The smallest absolute Gasteiger partial charge is 0.411 e. The van der Waals surface area contributed by atoms with E-state index in [9.17, 15) is 9.59 Å². The molecule has 7 heteroatoms. The lowest BCUT2D eigenvalue weighted by atomic mass is 10.3. The monoisotopic (exact) mass is 310 g/mol. The molecule has 22 heavy (non-hydrogen) atoms. The number of carbonyl (C=O) groups is 2. The van der Waals surface area contributed by atoms with Crippen molar-refractivity contribution >= 4 is 23.6 Å². The van der Waals surface area contributed by atoms with Crippen molar-refractivity contribution in [2.24, 2.45) is 0 Å². The van der Waals surface area contributed by atoms with Gasteiger partial charge in [-0.25, -0.2) is 9.59 Å². The lowest BCUT2D eigenvalue weighted by Gasteiger charge is -2.08. The number of rotatable bonds is 8. The normalized spacial score (nSPS) is 9.91. The van der Waals surface area contributed by atoms with Crippen LogP contribution < -0.4 is 10.6 Å². The van der Waals surface area contributed by atoms with Gasteiger partial charge >= 0.3 is 12.2 Å². The van der Waals surface area contributed by atoms with E-state index in [1.165, 1.54) is 7.11 Å². The summed E-state index contributed by atoms with van der Waals surface area (Å²) in [6.45, 7) is 3.64. The molecule has 0 saturated heterocycles. The van der Waals surface area contributed by atoms with Crippen LogP contribution in [-0.2, 0) is 14.2 Å². The van der Waals surface area contributed by atoms with Crippen molar-refractivity contribution < 1.29 is 23.8 Å². The first-order valence-electron chi connectivity index (χ1n) is 7.12. The van der Waals surface area contributed by atoms with Crippen molar-refractivity contribution in [1.29, 1.82) is 0 Å². The molecule has 0 aliphatic heterocycles. The van der Waals surface area contributed by atoms with E-state index in [0.29, 0.717) is 31.0 Å². The number of anilines is 2. The molecule has 1 aromatic carbocycles. The highest BCUT2D eigenvalue weighted by Gasteiger charge is 2.04. The van der Waals surface area contributed by atoms with Crippen LogP contribution in [0.15, 0.2) is 24.3 Å². The third kappa shape index (κ3) is 7.49. The van der Waals surface area contributed by atoms with Crippen LogP contribution in [0.3, 0.4) is 0 Å². The molecule has 0 heterocycles. The number of methoxy groups -OCH3 is 1. The van der Waals surface area contributed by atoms with Gasteiger partial charge < -0.3 is 14.2 Å². The van der Waals surface area contributed by atoms with Gasteiger partial charge in [-0.15, -0.1) is 0 Å². The molecule has 2 N–H and O–H groups in total. The van der Waals surface area contributed by atoms with Crippen LogP contribution in [0, 0.1) is 0 Å². The Bertz CT molecular complexity index is 462. The Kier molecular flexibility index (Phi) is 8.44. The molecule has 0 spiro atoms. The molecule has 1 aromatic rings. The Morgan fingerprint density at radius 1 is 0.955 bits per heavy atom. The molecule has 2 amide bonds. The van der Waals surface area contributed by atoms with Gasteiger partial charge in [0, 0.05) is 31.0 Å². The van der Waals surface area contributed by atoms with Crippen molar-refractivity contribution in [2.75, 3.05) is 37.6 Å². The molecule has 0 bridgehead atoms. The molecule has 1 rings (SSSR count). The number of benzene rings is 1. The number of hydrogen-bond acceptors (Lipinski definition) is 5. The Morgan fingerprint density at radius 3 is 2.09 bits per heavy atom. The average Bonchev–Trinajstić information content (AvgIpc) is 2.52. The minimum absolute atomic E-state index is 0.303. The van der Waals surface area contributed by atoms with Crippen molar-refractivity contribution in [3.8, 4) is 0 Å². The molecular weight excluding hydrogens is 288 g/mol. The zero-order valence-electron chi connectivity index (χ0n) is 12.9. The summed E-state index contributed by atoms with van der Waals surface area (Å²) < 4.78 is 14.8. The number of hydrogen-bond donors (Lipinski definition) is 2. The van der Waals surface area contributed by atoms with Crippen molar-refractivity contribution in [3.63, 3.8) is 0 Å². The topological polar surface area (TPSA) is 85.9 Å². The van der Waals surface area contributed by atoms with Crippen LogP contribution in [-0.4, -0.2) is 39.1 Å². The predicted octanol–water partition coefficient (Wildman–Crippen LogP) is 3.23. The second kappa shape index (κ2) is 10.4. The molecule has 0 atom stereocenters. The molecule has 0 aliphatic carbocycles. The maximum Gasteiger partial charge on any atom is 0.411 e. The summed E-state index contributed by atoms with van der Waals surface area (Å²) in [4.78, 5) is 22.6. The van der Waals surface area contributed by atoms with Gasteiger partial charge in [-0.05, 0) is 30.7 Å². The fourth-order valence-corrected chi connectivity index (χ4v) is 1.53. The highest BCUT2D eigenvalue weighted by Crippen LogP contribution is 2.13.